The highest BCUT2D eigenvalue weighted by Crippen LogP contribution is 2.33. The molecule has 0 bridgehead atoms. The first kappa shape index (κ1) is 16.0. The van der Waals surface area contributed by atoms with Crippen LogP contribution in [0.25, 0.3) is 11.1 Å². The van der Waals surface area contributed by atoms with Gasteiger partial charge in [0.2, 0.25) is 0 Å². The predicted octanol–water partition coefficient (Wildman–Crippen LogP) is 2.54. The molecule has 1 aromatic carbocycles. The average molecular weight is 314 g/mol. The second-order valence-corrected chi connectivity index (χ2v) is 4.66. The van der Waals surface area contributed by atoms with Crippen molar-refractivity contribution < 1.29 is 28.2 Å². The van der Waals surface area contributed by atoms with Crippen molar-refractivity contribution in [3.8, 4) is 11.1 Å². The fraction of sp³-hybridized carbons (Fsp3) is 0.286. The minimum Gasteiger partial charge on any atom is -0.481 e. The lowest BCUT2D eigenvalue weighted by molar-refractivity contribution is -0.138. The molecule has 0 fully saturated rings. The second-order valence-electron chi connectivity index (χ2n) is 4.66. The molecule has 2 rings (SSSR count). The Kier molecular flexibility index (Phi) is 4.51. The first-order chi connectivity index (χ1) is 10.3. The summed E-state index contributed by atoms with van der Waals surface area (Å²) < 4.78 is 39.4. The van der Waals surface area contributed by atoms with Gasteiger partial charge in [0, 0.05) is 11.8 Å². The molecule has 0 aliphatic heterocycles. The van der Waals surface area contributed by atoms with Crippen LogP contribution in [0.4, 0.5) is 13.2 Å². The molecule has 1 heterocycles. The van der Waals surface area contributed by atoms with E-state index in [2.05, 4.69) is 5.10 Å². The molecule has 0 unspecified atom stereocenters. The maximum Gasteiger partial charge on any atom is 0.416 e. The minimum atomic E-state index is -4.48. The van der Waals surface area contributed by atoms with E-state index in [9.17, 15) is 23.1 Å². The van der Waals surface area contributed by atoms with Gasteiger partial charge in [0.05, 0.1) is 31.3 Å². The third-order valence-electron chi connectivity index (χ3n) is 3.10. The fourth-order valence-electron chi connectivity index (χ4n) is 2.02. The normalized spacial score (nSPS) is 11.6. The zero-order valence-corrected chi connectivity index (χ0v) is 11.3. The zero-order chi connectivity index (χ0) is 16.3. The molecule has 0 atom stereocenters. The Labute approximate surface area is 123 Å². The van der Waals surface area contributed by atoms with E-state index in [1.807, 2.05) is 0 Å². The van der Waals surface area contributed by atoms with Crippen LogP contribution in [0.2, 0.25) is 0 Å². The Morgan fingerprint density at radius 1 is 1.32 bits per heavy atom. The summed E-state index contributed by atoms with van der Waals surface area (Å²) in [4.78, 5) is 10.5. The van der Waals surface area contributed by atoms with Crippen molar-refractivity contribution in [1.82, 2.24) is 9.78 Å². The first-order valence-electron chi connectivity index (χ1n) is 6.37. The number of hydrogen-bond donors (Lipinski definition) is 2. The number of aliphatic carboxylic acids is 1. The summed E-state index contributed by atoms with van der Waals surface area (Å²) in [6.07, 6.45) is -1.64. The maximum absolute atomic E-state index is 12.7. The van der Waals surface area contributed by atoms with Crippen LogP contribution >= 0.6 is 0 Å². The number of carboxylic acids is 1. The van der Waals surface area contributed by atoms with E-state index in [1.54, 1.807) is 0 Å². The fourth-order valence-corrected chi connectivity index (χ4v) is 2.02. The molecule has 0 saturated heterocycles. The van der Waals surface area contributed by atoms with Gasteiger partial charge >= 0.3 is 12.1 Å². The number of nitrogens with zero attached hydrogens (tertiary/aromatic N) is 2. The third-order valence-corrected chi connectivity index (χ3v) is 3.10. The van der Waals surface area contributed by atoms with Crippen molar-refractivity contribution in [3.05, 3.63) is 41.7 Å². The number of alkyl halides is 3. The smallest absolute Gasteiger partial charge is 0.416 e. The molecule has 1 aromatic heterocycles. The minimum absolute atomic E-state index is 0.110. The summed E-state index contributed by atoms with van der Waals surface area (Å²) >= 11 is 0. The number of aliphatic hydroxyl groups is 1. The highest BCUT2D eigenvalue weighted by atomic mass is 19.4. The summed E-state index contributed by atoms with van der Waals surface area (Å²) in [5.41, 5.74) is 0.242. The Hall–Kier alpha value is -2.35. The molecule has 0 saturated carbocycles. The molecule has 22 heavy (non-hydrogen) atoms. The van der Waals surface area contributed by atoms with Crippen molar-refractivity contribution in [1.29, 1.82) is 0 Å². The lowest BCUT2D eigenvalue weighted by Gasteiger charge is -2.11. The van der Waals surface area contributed by atoms with Crippen LogP contribution in [0, 0.1) is 0 Å². The number of rotatable bonds is 5. The highest BCUT2D eigenvalue weighted by molar-refractivity contribution is 5.67. The van der Waals surface area contributed by atoms with Crippen molar-refractivity contribution in [2.45, 2.75) is 25.7 Å². The van der Waals surface area contributed by atoms with E-state index >= 15 is 0 Å². The van der Waals surface area contributed by atoms with E-state index < -0.39 is 24.3 Å². The number of aliphatic hydroxyl groups excluding tert-OH is 1. The number of carboxylic acid groups (broad SMARTS) is 1. The standard InChI is InChI=1S/C14H13F3N2O3/c15-14(16,17)11-1-2-12(9(5-11)8-20)10-6-18-19(7-10)4-3-13(21)22/h1-2,5-7,20H,3-4,8H2,(H,21,22). The quantitative estimate of drug-likeness (QED) is 0.889. The van der Waals surface area contributed by atoms with Crippen LogP contribution in [0.1, 0.15) is 17.5 Å². The molecule has 0 aliphatic rings. The molecule has 0 spiro atoms. The van der Waals surface area contributed by atoms with Crippen molar-refractivity contribution in [2.24, 2.45) is 0 Å². The van der Waals surface area contributed by atoms with E-state index in [0.29, 0.717) is 11.1 Å². The summed E-state index contributed by atoms with van der Waals surface area (Å²) in [5, 5.41) is 21.8. The van der Waals surface area contributed by atoms with Gasteiger partial charge in [-0.3, -0.25) is 9.48 Å². The Bertz CT molecular complexity index is 680. The lowest BCUT2D eigenvalue weighted by atomic mass is 10.00. The molecular formula is C14H13F3N2O3. The molecule has 0 radical (unpaired) electrons. The topological polar surface area (TPSA) is 75.3 Å². The van der Waals surface area contributed by atoms with Crippen molar-refractivity contribution >= 4 is 5.97 Å². The first-order valence-corrected chi connectivity index (χ1v) is 6.37. The van der Waals surface area contributed by atoms with Crippen LogP contribution in [-0.4, -0.2) is 26.0 Å². The highest BCUT2D eigenvalue weighted by Gasteiger charge is 2.31. The SMILES string of the molecule is O=C(O)CCn1cc(-c2ccc(C(F)(F)F)cc2CO)cn1. The number of aryl methyl sites for hydroxylation is 1. The Balaban J connectivity index is 2.30. The third kappa shape index (κ3) is 3.64. The number of aromatic nitrogens is 2. The van der Waals surface area contributed by atoms with Crippen LogP contribution in [-0.2, 0) is 24.1 Å². The van der Waals surface area contributed by atoms with E-state index in [-0.39, 0.29) is 18.5 Å². The summed E-state index contributed by atoms with van der Waals surface area (Å²) in [5.74, 6) is -0.970. The molecular weight excluding hydrogens is 301 g/mol. The molecule has 8 heteroatoms. The van der Waals surface area contributed by atoms with Crippen molar-refractivity contribution in [3.63, 3.8) is 0 Å². The van der Waals surface area contributed by atoms with Gasteiger partial charge in [0.25, 0.3) is 0 Å². The number of carbonyl (C=O) groups is 1. The van der Waals surface area contributed by atoms with Crippen LogP contribution in [0.5, 0.6) is 0 Å². The van der Waals surface area contributed by atoms with Gasteiger partial charge in [-0.15, -0.1) is 0 Å². The maximum atomic E-state index is 12.7. The number of benzene rings is 1. The van der Waals surface area contributed by atoms with Gasteiger partial charge in [-0.05, 0) is 23.3 Å². The zero-order valence-electron chi connectivity index (χ0n) is 11.3. The van der Waals surface area contributed by atoms with Gasteiger partial charge in [-0.2, -0.15) is 18.3 Å². The Morgan fingerprint density at radius 3 is 2.64 bits per heavy atom. The predicted molar refractivity (Wildman–Crippen MR) is 70.8 cm³/mol. The van der Waals surface area contributed by atoms with Crippen LogP contribution in [0.15, 0.2) is 30.6 Å². The van der Waals surface area contributed by atoms with Gasteiger partial charge < -0.3 is 10.2 Å². The number of halogens is 3. The summed E-state index contributed by atoms with van der Waals surface area (Å²) in [7, 11) is 0. The van der Waals surface area contributed by atoms with Gasteiger partial charge in [-0.25, -0.2) is 0 Å². The van der Waals surface area contributed by atoms with Crippen LogP contribution < -0.4 is 0 Å². The van der Waals surface area contributed by atoms with Gasteiger partial charge in [0.1, 0.15) is 0 Å². The number of hydrogen-bond acceptors (Lipinski definition) is 3. The monoisotopic (exact) mass is 314 g/mol. The average Bonchev–Trinajstić information content (AvgIpc) is 2.92. The molecule has 2 aromatic rings. The molecule has 0 aliphatic carbocycles. The summed E-state index contributed by atoms with van der Waals surface area (Å²) in [6, 6.07) is 3.10. The largest absolute Gasteiger partial charge is 0.481 e. The van der Waals surface area contributed by atoms with Crippen LogP contribution in [0.3, 0.4) is 0 Å². The molecule has 118 valence electrons. The van der Waals surface area contributed by atoms with E-state index in [1.165, 1.54) is 23.1 Å². The lowest BCUT2D eigenvalue weighted by Crippen LogP contribution is -2.06. The van der Waals surface area contributed by atoms with Gasteiger partial charge in [-0.1, -0.05) is 6.07 Å². The van der Waals surface area contributed by atoms with Crippen molar-refractivity contribution in [2.75, 3.05) is 0 Å². The second kappa shape index (κ2) is 6.18. The van der Waals surface area contributed by atoms with E-state index in [4.69, 9.17) is 5.11 Å². The Morgan fingerprint density at radius 2 is 2.05 bits per heavy atom. The molecule has 2 N–H and O–H groups in total. The van der Waals surface area contributed by atoms with Gasteiger partial charge in [0.15, 0.2) is 0 Å². The molecule has 5 nitrogen and oxygen atoms in total. The van der Waals surface area contributed by atoms with E-state index in [0.717, 1.165) is 12.1 Å². The molecule has 0 amide bonds. The summed E-state index contributed by atoms with van der Waals surface area (Å²) in [6.45, 7) is -0.385.